The lowest BCUT2D eigenvalue weighted by molar-refractivity contribution is 0.670. The predicted octanol–water partition coefficient (Wildman–Crippen LogP) is 18.5. The van der Waals surface area contributed by atoms with Gasteiger partial charge in [-0.1, -0.05) is 200 Å². The molecule has 0 saturated carbocycles. The van der Waals surface area contributed by atoms with E-state index in [-0.39, 0.29) is 0 Å². The van der Waals surface area contributed by atoms with E-state index in [2.05, 4.69) is 276 Å². The van der Waals surface area contributed by atoms with Crippen LogP contribution in [-0.4, -0.2) is 4.57 Å². The Bertz CT molecular complexity index is 3940. The van der Waals surface area contributed by atoms with Gasteiger partial charge in [-0.2, -0.15) is 0 Å². The van der Waals surface area contributed by atoms with Crippen LogP contribution in [0.3, 0.4) is 0 Å². The van der Waals surface area contributed by atoms with Crippen molar-refractivity contribution in [1.82, 2.24) is 4.57 Å². The van der Waals surface area contributed by atoms with Crippen molar-refractivity contribution >= 4 is 60.8 Å². The molecule has 0 unspecified atom stereocenters. The number of aromatic nitrogens is 1. The first-order valence-corrected chi connectivity index (χ1v) is 23.6. The van der Waals surface area contributed by atoms with E-state index >= 15 is 0 Å². The average Bonchev–Trinajstić information content (AvgIpc) is 3.98. The van der Waals surface area contributed by atoms with Crippen LogP contribution in [0.25, 0.3) is 105 Å². The molecule has 0 spiro atoms. The van der Waals surface area contributed by atoms with Crippen molar-refractivity contribution in [3.63, 3.8) is 0 Å². The summed E-state index contributed by atoms with van der Waals surface area (Å²) in [5, 5.41) is 4.75. The maximum absolute atomic E-state index is 6.76. The van der Waals surface area contributed by atoms with Gasteiger partial charge in [-0.3, -0.25) is 0 Å². The highest BCUT2D eigenvalue weighted by molar-refractivity contribution is 6.11. The molecule has 13 rings (SSSR count). The molecule has 11 aromatic carbocycles. The van der Waals surface area contributed by atoms with Crippen LogP contribution in [0, 0.1) is 0 Å². The highest BCUT2D eigenvalue weighted by Gasteiger charge is 2.20. The number of nitrogens with zero attached hydrogens (tertiary/aromatic N) is 2. The van der Waals surface area contributed by atoms with E-state index in [9.17, 15) is 0 Å². The predicted molar refractivity (Wildman–Crippen MR) is 290 cm³/mol. The first kappa shape index (κ1) is 40.1. The smallest absolute Gasteiger partial charge is 0.143 e. The molecule has 0 saturated heterocycles. The average molecular weight is 881 g/mol. The highest BCUT2D eigenvalue weighted by Crippen LogP contribution is 2.44. The van der Waals surface area contributed by atoms with Crippen LogP contribution in [0.2, 0.25) is 0 Å². The fraction of sp³-hybridized carbons (Fsp3) is 0. The fourth-order valence-electron chi connectivity index (χ4n) is 10.3. The monoisotopic (exact) mass is 880 g/mol. The SMILES string of the molecule is c1ccc(-c2cccc(N(c3ccc(-c4ccc(-c5cccc(-n6c7ccccc7c7ccccc76)c5)cc4)cc3)c3ccccc3-c3ccc4c(c3)oc3c(-c5ccccc5)cccc34)c2)cc1. The second kappa shape index (κ2) is 16.9. The molecule has 3 heteroatoms. The first-order valence-electron chi connectivity index (χ1n) is 23.6. The number of hydrogen-bond acceptors (Lipinski definition) is 2. The molecule has 69 heavy (non-hydrogen) atoms. The van der Waals surface area contributed by atoms with Crippen molar-refractivity contribution in [2.45, 2.75) is 0 Å². The Morgan fingerprint density at radius 3 is 1.52 bits per heavy atom. The van der Waals surface area contributed by atoms with Crippen molar-refractivity contribution in [2.24, 2.45) is 0 Å². The van der Waals surface area contributed by atoms with Crippen molar-refractivity contribution in [3.8, 4) is 61.3 Å². The Morgan fingerprint density at radius 2 is 0.797 bits per heavy atom. The standard InChI is InChI=1S/C66H44N2O/c1-3-16-45(17-4-1)50-20-13-22-54(42-50)67(62-29-10-7-24-56(62)52-38-41-60-61-28-15-27-57(49-18-5-2-6-19-49)66(61)69-65(60)44-52)53-39-36-47(37-40-53)46-32-34-48(35-33-46)51-21-14-23-55(43-51)68-63-30-11-8-25-58(63)59-26-9-12-31-64(59)68/h1-44H. The largest absolute Gasteiger partial charge is 0.455 e. The summed E-state index contributed by atoms with van der Waals surface area (Å²) in [6, 6.07) is 95.9. The van der Waals surface area contributed by atoms with Crippen LogP contribution < -0.4 is 4.90 Å². The Kier molecular flexibility index (Phi) is 9.84. The Balaban J connectivity index is 0.864. The minimum absolute atomic E-state index is 0.865. The minimum Gasteiger partial charge on any atom is -0.455 e. The topological polar surface area (TPSA) is 21.3 Å². The summed E-state index contributed by atoms with van der Waals surface area (Å²) in [6.45, 7) is 0. The summed E-state index contributed by atoms with van der Waals surface area (Å²) in [6.07, 6.45) is 0. The van der Waals surface area contributed by atoms with Crippen molar-refractivity contribution in [3.05, 3.63) is 267 Å². The van der Waals surface area contributed by atoms with Gasteiger partial charge in [0.2, 0.25) is 0 Å². The molecule has 0 aliphatic heterocycles. The van der Waals surface area contributed by atoms with E-state index in [1.165, 1.54) is 38.5 Å². The molecule has 0 bridgehead atoms. The Hall–Kier alpha value is -9.18. The van der Waals surface area contributed by atoms with E-state index in [1.54, 1.807) is 0 Å². The Morgan fingerprint density at radius 1 is 0.290 bits per heavy atom. The van der Waals surface area contributed by atoms with E-state index in [0.29, 0.717) is 0 Å². The summed E-state index contributed by atoms with van der Waals surface area (Å²) in [5.41, 5.74) is 20.0. The van der Waals surface area contributed by atoms with Crippen molar-refractivity contribution in [2.75, 3.05) is 4.90 Å². The molecule has 324 valence electrons. The quantitative estimate of drug-likeness (QED) is 0.144. The van der Waals surface area contributed by atoms with Crippen LogP contribution >= 0.6 is 0 Å². The number of furan rings is 1. The molecule has 2 aromatic heterocycles. The molecule has 0 radical (unpaired) electrons. The number of rotatable bonds is 9. The number of anilines is 3. The van der Waals surface area contributed by atoms with E-state index in [4.69, 9.17) is 4.42 Å². The summed E-state index contributed by atoms with van der Waals surface area (Å²) >= 11 is 0. The third-order valence-corrected chi connectivity index (χ3v) is 13.6. The van der Waals surface area contributed by atoms with Crippen LogP contribution in [0.4, 0.5) is 17.1 Å². The minimum atomic E-state index is 0.865. The Labute approximate surface area is 401 Å². The van der Waals surface area contributed by atoms with Gasteiger partial charge in [0, 0.05) is 49.7 Å². The zero-order chi connectivity index (χ0) is 45.7. The van der Waals surface area contributed by atoms with Crippen molar-refractivity contribution in [1.29, 1.82) is 0 Å². The number of para-hydroxylation sites is 4. The maximum atomic E-state index is 6.76. The van der Waals surface area contributed by atoms with Gasteiger partial charge in [0.25, 0.3) is 0 Å². The molecule has 0 amide bonds. The molecule has 13 aromatic rings. The molecule has 0 N–H and O–H groups in total. The van der Waals surface area contributed by atoms with Crippen LogP contribution in [0.1, 0.15) is 0 Å². The second-order valence-corrected chi connectivity index (χ2v) is 17.7. The summed E-state index contributed by atoms with van der Waals surface area (Å²) < 4.78 is 9.14. The molecule has 0 aliphatic rings. The number of benzene rings is 11. The van der Waals surface area contributed by atoms with Crippen LogP contribution in [0.5, 0.6) is 0 Å². The number of hydrogen-bond donors (Lipinski definition) is 0. The molecule has 3 nitrogen and oxygen atoms in total. The van der Waals surface area contributed by atoms with Crippen LogP contribution in [0.15, 0.2) is 271 Å². The third kappa shape index (κ3) is 7.16. The van der Waals surface area contributed by atoms with Gasteiger partial charge in [-0.15, -0.1) is 0 Å². The number of fused-ring (bicyclic) bond motifs is 6. The van der Waals surface area contributed by atoms with E-state index in [0.717, 1.165) is 83.6 Å². The fourth-order valence-corrected chi connectivity index (χ4v) is 10.3. The van der Waals surface area contributed by atoms with Gasteiger partial charge in [0.05, 0.1) is 16.7 Å². The molecule has 0 atom stereocenters. The molecular weight excluding hydrogens is 837 g/mol. The van der Waals surface area contributed by atoms with Gasteiger partial charge in [-0.25, -0.2) is 0 Å². The third-order valence-electron chi connectivity index (χ3n) is 13.6. The van der Waals surface area contributed by atoms with Gasteiger partial charge in [0.1, 0.15) is 11.2 Å². The zero-order valence-corrected chi connectivity index (χ0v) is 37.7. The first-order chi connectivity index (χ1) is 34.2. The molecular formula is C66H44N2O. The lowest BCUT2D eigenvalue weighted by Crippen LogP contribution is -2.11. The summed E-state index contributed by atoms with van der Waals surface area (Å²) in [4.78, 5) is 2.38. The van der Waals surface area contributed by atoms with Gasteiger partial charge in [0.15, 0.2) is 0 Å². The lowest BCUT2D eigenvalue weighted by atomic mass is 9.98. The molecule has 0 aliphatic carbocycles. The lowest BCUT2D eigenvalue weighted by Gasteiger charge is -2.28. The van der Waals surface area contributed by atoms with E-state index in [1.807, 2.05) is 0 Å². The molecule has 0 fully saturated rings. The maximum Gasteiger partial charge on any atom is 0.143 e. The van der Waals surface area contributed by atoms with Crippen molar-refractivity contribution < 1.29 is 4.42 Å². The summed E-state index contributed by atoms with van der Waals surface area (Å²) in [5.74, 6) is 0. The van der Waals surface area contributed by atoms with E-state index < -0.39 is 0 Å². The normalized spacial score (nSPS) is 11.5. The van der Waals surface area contributed by atoms with Crippen LogP contribution in [-0.2, 0) is 0 Å². The second-order valence-electron chi connectivity index (χ2n) is 17.7. The van der Waals surface area contributed by atoms with Gasteiger partial charge >= 0.3 is 0 Å². The zero-order valence-electron chi connectivity index (χ0n) is 37.7. The molecule has 2 heterocycles. The summed E-state index contributed by atoms with van der Waals surface area (Å²) in [7, 11) is 0. The highest BCUT2D eigenvalue weighted by atomic mass is 16.3. The van der Waals surface area contributed by atoms with Gasteiger partial charge < -0.3 is 13.9 Å². The van der Waals surface area contributed by atoms with Gasteiger partial charge in [-0.05, 0) is 111 Å².